The lowest BCUT2D eigenvalue weighted by Crippen LogP contribution is -2.12. The van der Waals surface area contributed by atoms with Crippen molar-refractivity contribution in [2.24, 2.45) is 0 Å². The van der Waals surface area contributed by atoms with Crippen molar-refractivity contribution in [1.29, 1.82) is 0 Å². The Bertz CT molecular complexity index is 687. The largest absolute Gasteiger partial charge is 0.384 e. The van der Waals surface area contributed by atoms with Crippen LogP contribution in [0.5, 0.6) is 0 Å². The monoisotopic (exact) mass is 267 g/mol. The number of hydrogen-bond acceptors (Lipinski definition) is 4. The van der Waals surface area contributed by atoms with Crippen molar-refractivity contribution in [3.8, 4) is 11.8 Å². The number of aryl methyl sites for hydroxylation is 1. The SMILES string of the molecule is Cc1cc(NC(=O)c2cncc(C#CCO)c2)ccn1. The Kier molecular flexibility index (Phi) is 4.43. The standard InChI is InChI=1S/C15H13N3O2/c1-11-7-14(4-5-17-11)18-15(20)13-8-12(3-2-6-19)9-16-10-13/h4-5,7-10,19H,6H2,1H3,(H,17,18,20). The van der Waals surface area contributed by atoms with Gasteiger partial charge in [-0.15, -0.1) is 0 Å². The molecule has 0 bridgehead atoms. The topological polar surface area (TPSA) is 75.1 Å². The zero-order chi connectivity index (χ0) is 14.4. The number of carbonyl (C=O) groups excluding carboxylic acids is 1. The number of aliphatic hydroxyl groups excluding tert-OH is 1. The van der Waals surface area contributed by atoms with E-state index in [2.05, 4.69) is 27.1 Å². The zero-order valence-electron chi connectivity index (χ0n) is 10.9. The van der Waals surface area contributed by atoms with E-state index in [1.54, 1.807) is 24.4 Å². The van der Waals surface area contributed by atoms with Gasteiger partial charge in [-0.3, -0.25) is 14.8 Å². The Morgan fingerprint density at radius 3 is 3.00 bits per heavy atom. The first-order valence-electron chi connectivity index (χ1n) is 5.98. The molecule has 1 amide bonds. The quantitative estimate of drug-likeness (QED) is 0.806. The number of anilines is 1. The summed E-state index contributed by atoms with van der Waals surface area (Å²) in [5.74, 6) is 4.96. The van der Waals surface area contributed by atoms with Crippen LogP contribution in [0.3, 0.4) is 0 Å². The Morgan fingerprint density at radius 2 is 2.25 bits per heavy atom. The van der Waals surface area contributed by atoms with E-state index in [9.17, 15) is 4.79 Å². The van der Waals surface area contributed by atoms with Gasteiger partial charge in [0.25, 0.3) is 5.91 Å². The third-order valence-corrected chi connectivity index (χ3v) is 2.47. The first-order chi connectivity index (χ1) is 9.69. The van der Waals surface area contributed by atoms with E-state index in [-0.39, 0.29) is 12.5 Å². The minimum absolute atomic E-state index is 0.229. The number of carbonyl (C=O) groups is 1. The highest BCUT2D eigenvalue weighted by Crippen LogP contribution is 2.10. The molecule has 100 valence electrons. The van der Waals surface area contributed by atoms with Gasteiger partial charge in [-0.25, -0.2) is 0 Å². The third kappa shape index (κ3) is 3.64. The number of aromatic nitrogens is 2. The minimum atomic E-state index is -0.268. The maximum atomic E-state index is 12.1. The van der Waals surface area contributed by atoms with Gasteiger partial charge in [-0.1, -0.05) is 11.8 Å². The van der Waals surface area contributed by atoms with Gasteiger partial charge >= 0.3 is 0 Å². The van der Waals surface area contributed by atoms with Crippen LogP contribution in [0, 0.1) is 18.8 Å². The Morgan fingerprint density at radius 1 is 1.40 bits per heavy atom. The van der Waals surface area contributed by atoms with Crippen LogP contribution in [0.1, 0.15) is 21.6 Å². The Labute approximate surface area is 116 Å². The maximum absolute atomic E-state index is 12.1. The second kappa shape index (κ2) is 6.45. The van der Waals surface area contributed by atoms with Crippen LogP contribution in [-0.4, -0.2) is 27.6 Å². The number of hydrogen-bond donors (Lipinski definition) is 2. The van der Waals surface area contributed by atoms with Crippen molar-refractivity contribution >= 4 is 11.6 Å². The van der Waals surface area contributed by atoms with Crippen molar-refractivity contribution in [3.05, 3.63) is 53.6 Å². The summed E-state index contributed by atoms with van der Waals surface area (Å²) >= 11 is 0. The minimum Gasteiger partial charge on any atom is -0.384 e. The van der Waals surface area contributed by atoms with Gasteiger partial charge in [0.1, 0.15) is 6.61 Å². The molecule has 0 saturated carbocycles. The van der Waals surface area contributed by atoms with Gasteiger partial charge in [-0.2, -0.15) is 0 Å². The number of pyridine rings is 2. The van der Waals surface area contributed by atoms with Crippen LogP contribution in [0.25, 0.3) is 0 Å². The highest BCUT2D eigenvalue weighted by molar-refractivity contribution is 6.04. The first kappa shape index (κ1) is 13.7. The van der Waals surface area contributed by atoms with Gasteiger partial charge in [0.05, 0.1) is 5.56 Å². The number of nitrogens with one attached hydrogen (secondary N) is 1. The molecule has 0 saturated heterocycles. The highest BCUT2D eigenvalue weighted by Gasteiger charge is 2.07. The van der Waals surface area contributed by atoms with Gasteiger partial charge in [0, 0.05) is 35.5 Å². The van der Waals surface area contributed by atoms with Crippen LogP contribution in [0.15, 0.2) is 36.8 Å². The third-order valence-electron chi connectivity index (χ3n) is 2.47. The van der Waals surface area contributed by atoms with Crippen molar-refractivity contribution in [2.45, 2.75) is 6.92 Å². The smallest absolute Gasteiger partial charge is 0.257 e. The zero-order valence-corrected chi connectivity index (χ0v) is 10.9. The van der Waals surface area contributed by atoms with Crippen LogP contribution in [-0.2, 0) is 0 Å². The fraction of sp³-hybridized carbons (Fsp3) is 0.133. The molecule has 0 aliphatic rings. The Hall–Kier alpha value is -2.71. The highest BCUT2D eigenvalue weighted by atomic mass is 16.2. The van der Waals surface area contributed by atoms with Gasteiger partial charge in [0.2, 0.25) is 0 Å². The lowest BCUT2D eigenvalue weighted by molar-refractivity contribution is 0.102. The molecule has 5 nitrogen and oxygen atoms in total. The summed E-state index contributed by atoms with van der Waals surface area (Å²) in [6.45, 7) is 1.62. The predicted molar refractivity (Wildman–Crippen MR) is 75.1 cm³/mol. The number of nitrogens with zero attached hydrogens (tertiary/aromatic N) is 2. The molecule has 2 N–H and O–H groups in total. The van der Waals surface area contributed by atoms with E-state index < -0.39 is 0 Å². The predicted octanol–water partition coefficient (Wildman–Crippen LogP) is 1.38. The molecular formula is C15H13N3O2. The first-order valence-corrected chi connectivity index (χ1v) is 5.98. The fourth-order valence-corrected chi connectivity index (χ4v) is 1.60. The molecule has 0 fully saturated rings. The average Bonchev–Trinajstić information content (AvgIpc) is 2.45. The lowest BCUT2D eigenvalue weighted by atomic mass is 10.2. The average molecular weight is 267 g/mol. The maximum Gasteiger partial charge on any atom is 0.257 e. The normalized spacial score (nSPS) is 9.50. The summed E-state index contributed by atoms with van der Waals surface area (Å²) < 4.78 is 0. The van der Waals surface area contributed by atoms with Crippen LogP contribution in [0.2, 0.25) is 0 Å². The molecule has 20 heavy (non-hydrogen) atoms. The second-order valence-electron chi connectivity index (χ2n) is 4.06. The molecule has 0 radical (unpaired) electrons. The van der Waals surface area contributed by atoms with Crippen molar-refractivity contribution in [1.82, 2.24) is 9.97 Å². The van der Waals surface area contributed by atoms with Crippen molar-refractivity contribution in [3.63, 3.8) is 0 Å². The summed E-state index contributed by atoms with van der Waals surface area (Å²) in [7, 11) is 0. The molecule has 5 heteroatoms. The van der Waals surface area contributed by atoms with Crippen molar-refractivity contribution < 1.29 is 9.90 Å². The van der Waals surface area contributed by atoms with Gasteiger partial charge in [-0.05, 0) is 25.1 Å². The second-order valence-corrected chi connectivity index (χ2v) is 4.06. The van der Waals surface area contributed by atoms with E-state index in [1.807, 2.05) is 6.92 Å². The van der Waals surface area contributed by atoms with Crippen LogP contribution in [0.4, 0.5) is 5.69 Å². The van der Waals surface area contributed by atoms with Crippen molar-refractivity contribution in [2.75, 3.05) is 11.9 Å². The molecule has 2 aromatic rings. The van der Waals surface area contributed by atoms with E-state index in [0.29, 0.717) is 16.8 Å². The Balaban J connectivity index is 2.17. The van der Waals surface area contributed by atoms with Crippen LogP contribution >= 0.6 is 0 Å². The molecule has 0 aliphatic carbocycles. The fourth-order valence-electron chi connectivity index (χ4n) is 1.60. The molecule has 0 aromatic carbocycles. The molecular weight excluding hydrogens is 254 g/mol. The molecule has 2 heterocycles. The molecule has 0 spiro atoms. The van der Waals surface area contributed by atoms with E-state index in [1.165, 1.54) is 12.4 Å². The summed E-state index contributed by atoms with van der Waals surface area (Å²) in [4.78, 5) is 20.1. The summed E-state index contributed by atoms with van der Waals surface area (Å²) in [5.41, 5.74) is 2.49. The molecule has 0 unspecified atom stereocenters. The summed E-state index contributed by atoms with van der Waals surface area (Å²) in [5, 5.41) is 11.4. The summed E-state index contributed by atoms with van der Waals surface area (Å²) in [6, 6.07) is 5.12. The van der Waals surface area contributed by atoms with Gasteiger partial charge < -0.3 is 10.4 Å². The summed E-state index contributed by atoms with van der Waals surface area (Å²) in [6.07, 6.45) is 4.63. The number of rotatable bonds is 2. The van der Waals surface area contributed by atoms with Crippen LogP contribution < -0.4 is 5.32 Å². The molecule has 0 atom stereocenters. The van der Waals surface area contributed by atoms with E-state index in [4.69, 9.17) is 5.11 Å². The number of aliphatic hydroxyl groups is 1. The van der Waals surface area contributed by atoms with Gasteiger partial charge in [0.15, 0.2) is 0 Å². The van der Waals surface area contributed by atoms with E-state index in [0.717, 1.165) is 5.69 Å². The van der Waals surface area contributed by atoms with E-state index >= 15 is 0 Å². The molecule has 2 rings (SSSR count). The lowest BCUT2D eigenvalue weighted by Gasteiger charge is -2.05. The number of amides is 1. The molecule has 2 aromatic heterocycles. The molecule has 0 aliphatic heterocycles.